The molecule has 19 heavy (non-hydrogen) atoms. The van der Waals surface area contributed by atoms with Crippen molar-refractivity contribution in [3.8, 4) is 0 Å². The fourth-order valence-electron chi connectivity index (χ4n) is 1.58. The van der Waals surface area contributed by atoms with Gasteiger partial charge in [-0.15, -0.1) is 11.3 Å². The Balaban J connectivity index is 2.19. The van der Waals surface area contributed by atoms with Gasteiger partial charge in [-0.1, -0.05) is 6.92 Å². The molecule has 0 spiro atoms. The highest BCUT2D eigenvalue weighted by molar-refractivity contribution is 7.11. The van der Waals surface area contributed by atoms with E-state index in [1.807, 2.05) is 11.3 Å². The van der Waals surface area contributed by atoms with Crippen LogP contribution in [0.1, 0.15) is 43.4 Å². The predicted molar refractivity (Wildman–Crippen MR) is 81.7 cm³/mol. The van der Waals surface area contributed by atoms with E-state index in [9.17, 15) is 0 Å². The van der Waals surface area contributed by atoms with Crippen LogP contribution in [0.15, 0.2) is 12.1 Å². The minimum atomic E-state index is -0.0926. The van der Waals surface area contributed by atoms with Gasteiger partial charge >= 0.3 is 0 Å². The minimum Gasteiger partial charge on any atom is -0.379 e. The molecule has 0 amide bonds. The summed E-state index contributed by atoms with van der Waals surface area (Å²) in [7, 11) is 1.74. The van der Waals surface area contributed by atoms with Crippen molar-refractivity contribution in [2.75, 3.05) is 20.3 Å². The van der Waals surface area contributed by atoms with Crippen molar-refractivity contribution in [3.05, 3.63) is 21.9 Å². The largest absolute Gasteiger partial charge is 0.379 e. The molecule has 3 nitrogen and oxygen atoms in total. The Hall–Kier alpha value is -0.420. The van der Waals surface area contributed by atoms with Gasteiger partial charge in [0.05, 0.1) is 12.2 Å². The van der Waals surface area contributed by atoms with Crippen molar-refractivity contribution in [2.45, 2.75) is 52.4 Å². The summed E-state index contributed by atoms with van der Waals surface area (Å²) < 4.78 is 11.1. The van der Waals surface area contributed by atoms with E-state index in [4.69, 9.17) is 9.47 Å². The molecule has 0 saturated heterocycles. The van der Waals surface area contributed by atoms with Gasteiger partial charge in [-0.25, -0.2) is 0 Å². The highest BCUT2D eigenvalue weighted by Crippen LogP contribution is 2.18. The Bertz CT molecular complexity index is 350. The molecule has 1 rings (SSSR count). The minimum absolute atomic E-state index is 0.0926. The van der Waals surface area contributed by atoms with Crippen molar-refractivity contribution < 1.29 is 9.47 Å². The lowest BCUT2D eigenvalue weighted by molar-refractivity contribution is -0.0121. The highest BCUT2D eigenvalue weighted by atomic mass is 32.1. The molecule has 0 fully saturated rings. The Kier molecular flexibility index (Phi) is 7.61. The molecular weight excluding hydrogens is 258 g/mol. The summed E-state index contributed by atoms with van der Waals surface area (Å²) in [4.78, 5) is 2.67. The molecule has 0 aliphatic rings. The summed E-state index contributed by atoms with van der Waals surface area (Å²) in [6, 6.07) is 4.35. The Labute approximate surface area is 121 Å². The lowest BCUT2D eigenvalue weighted by Crippen LogP contribution is -2.24. The number of ether oxygens (including phenoxy) is 2. The van der Waals surface area contributed by atoms with E-state index in [1.165, 1.54) is 16.2 Å². The summed E-state index contributed by atoms with van der Waals surface area (Å²) in [5.74, 6) is 0. The zero-order valence-corrected chi connectivity index (χ0v) is 13.4. The molecule has 1 aromatic rings. The number of hydrogen-bond donors (Lipinski definition) is 1. The van der Waals surface area contributed by atoms with E-state index in [-0.39, 0.29) is 5.60 Å². The van der Waals surface area contributed by atoms with E-state index in [0.717, 1.165) is 26.1 Å². The maximum atomic E-state index is 5.71. The molecule has 4 heteroatoms. The Morgan fingerprint density at radius 1 is 1.26 bits per heavy atom. The molecule has 0 saturated carbocycles. The standard InChI is InChI=1S/C15H27NO2S/c1-5-9-16-11-13-6-7-14(19-13)12-18-10-8-15(2,3)17-4/h6-7,16H,5,8-12H2,1-4H3. The quantitative estimate of drug-likeness (QED) is 0.667. The van der Waals surface area contributed by atoms with Gasteiger partial charge in [0.1, 0.15) is 0 Å². The SMILES string of the molecule is CCCNCc1ccc(COCCC(C)(C)OC)s1. The number of thiophene rings is 1. The van der Waals surface area contributed by atoms with Crippen LogP contribution in [-0.2, 0) is 22.6 Å². The fraction of sp³-hybridized carbons (Fsp3) is 0.733. The summed E-state index contributed by atoms with van der Waals surface area (Å²) in [5, 5.41) is 3.41. The molecule has 110 valence electrons. The zero-order valence-electron chi connectivity index (χ0n) is 12.6. The van der Waals surface area contributed by atoms with Crippen LogP contribution in [-0.4, -0.2) is 25.9 Å². The predicted octanol–water partition coefficient (Wildman–Crippen LogP) is 3.58. The number of hydrogen-bond acceptors (Lipinski definition) is 4. The lowest BCUT2D eigenvalue weighted by Gasteiger charge is -2.22. The summed E-state index contributed by atoms with van der Waals surface area (Å²) >= 11 is 1.83. The number of nitrogens with one attached hydrogen (secondary N) is 1. The molecule has 0 aliphatic heterocycles. The second kappa shape index (κ2) is 8.69. The number of methoxy groups -OCH3 is 1. The average molecular weight is 285 g/mol. The third kappa shape index (κ3) is 7.06. The van der Waals surface area contributed by atoms with Crippen LogP contribution >= 0.6 is 11.3 Å². The van der Waals surface area contributed by atoms with Crippen LogP contribution < -0.4 is 5.32 Å². The fourth-order valence-corrected chi connectivity index (χ4v) is 2.50. The summed E-state index contributed by atoms with van der Waals surface area (Å²) in [6.45, 7) is 9.84. The van der Waals surface area contributed by atoms with E-state index >= 15 is 0 Å². The first kappa shape index (κ1) is 16.6. The van der Waals surface area contributed by atoms with Crippen LogP contribution in [0.2, 0.25) is 0 Å². The molecule has 0 bridgehead atoms. The molecule has 0 unspecified atom stereocenters. The molecule has 0 aliphatic carbocycles. The van der Waals surface area contributed by atoms with Crippen LogP contribution in [0, 0.1) is 0 Å². The van der Waals surface area contributed by atoms with Crippen molar-refractivity contribution in [1.29, 1.82) is 0 Å². The van der Waals surface area contributed by atoms with Crippen molar-refractivity contribution in [3.63, 3.8) is 0 Å². The van der Waals surface area contributed by atoms with Crippen LogP contribution in [0.5, 0.6) is 0 Å². The van der Waals surface area contributed by atoms with Crippen LogP contribution in [0.4, 0.5) is 0 Å². The normalized spacial score (nSPS) is 12.0. The van der Waals surface area contributed by atoms with E-state index in [0.29, 0.717) is 6.61 Å². The molecule has 0 atom stereocenters. The smallest absolute Gasteiger partial charge is 0.0809 e. The van der Waals surface area contributed by atoms with E-state index in [2.05, 4.69) is 38.2 Å². The molecule has 0 aromatic carbocycles. The zero-order chi connectivity index (χ0) is 14.1. The highest BCUT2D eigenvalue weighted by Gasteiger charge is 2.15. The van der Waals surface area contributed by atoms with Crippen molar-refractivity contribution >= 4 is 11.3 Å². The first-order chi connectivity index (χ1) is 9.07. The Morgan fingerprint density at radius 3 is 2.68 bits per heavy atom. The second-order valence-corrected chi connectivity index (χ2v) is 6.56. The topological polar surface area (TPSA) is 30.5 Å². The molecular formula is C15H27NO2S. The average Bonchev–Trinajstić information content (AvgIpc) is 2.83. The van der Waals surface area contributed by atoms with Crippen LogP contribution in [0.3, 0.4) is 0 Å². The monoisotopic (exact) mass is 285 g/mol. The van der Waals surface area contributed by atoms with E-state index < -0.39 is 0 Å². The third-order valence-electron chi connectivity index (χ3n) is 3.09. The third-order valence-corrected chi connectivity index (χ3v) is 4.15. The van der Waals surface area contributed by atoms with Gasteiger partial charge in [0.15, 0.2) is 0 Å². The van der Waals surface area contributed by atoms with Gasteiger partial charge in [-0.05, 0) is 45.4 Å². The van der Waals surface area contributed by atoms with Gasteiger partial charge in [-0.3, -0.25) is 0 Å². The van der Waals surface area contributed by atoms with Crippen molar-refractivity contribution in [1.82, 2.24) is 5.32 Å². The maximum absolute atomic E-state index is 5.71. The van der Waals surface area contributed by atoms with Gasteiger partial charge in [0.25, 0.3) is 0 Å². The molecule has 1 N–H and O–H groups in total. The summed E-state index contributed by atoms with van der Waals surface area (Å²) in [5.41, 5.74) is -0.0926. The maximum Gasteiger partial charge on any atom is 0.0809 e. The Morgan fingerprint density at radius 2 is 2.00 bits per heavy atom. The number of rotatable bonds is 10. The van der Waals surface area contributed by atoms with Gasteiger partial charge in [0.2, 0.25) is 0 Å². The first-order valence-corrected chi connectivity index (χ1v) is 7.80. The first-order valence-electron chi connectivity index (χ1n) is 6.98. The lowest BCUT2D eigenvalue weighted by atomic mass is 10.1. The molecule has 1 heterocycles. The van der Waals surface area contributed by atoms with Gasteiger partial charge in [0, 0.05) is 30.0 Å². The molecule has 0 radical (unpaired) electrons. The van der Waals surface area contributed by atoms with Crippen LogP contribution in [0.25, 0.3) is 0 Å². The van der Waals surface area contributed by atoms with Crippen molar-refractivity contribution in [2.24, 2.45) is 0 Å². The summed E-state index contributed by atoms with van der Waals surface area (Å²) in [6.07, 6.45) is 2.09. The molecule has 1 aromatic heterocycles. The second-order valence-electron chi connectivity index (χ2n) is 5.31. The van der Waals surface area contributed by atoms with E-state index in [1.54, 1.807) is 7.11 Å². The van der Waals surface area contributed by atoms with Gasteiger partial charge in [-0.2, -0.15) is 0 Å². The van der Waals surface area contributed by atoms with Gasteiger partial charge < -0.3 is 14.8 Å².